The van der Waals surface area contributed by atoms with E-state index in [2.05, 4.69) is 0 Å². The van der Waals surface area contributed by atoms with E-state index in [1.807, 2.05) is 0 Å². The number of anilines is 1. The third kappa shape index (κ3) is 3.10. The highest BCUT2D eigenvalue weighted by atomic mass is 32.2. The van der Waals surface area contributed by atoms with Gasteiger partial charge in [0.1, 0.15) is 0 Å². The first-order valence-electron chi connectivity index (χ1n) is 7.90. The van der Waals surface area contributed by atoms with Gasteiger partial charge < -0.3 is 10.0 Å². The third-order valence-electron chi connectivity index (χ3n) is 4.64. The molecule has 1 amide bonds. The second kappa shape index (κ2) is 6.08. The zero-order valence-corrected chi connectivity index (χ0v) is 14.3. The van der Waals surface area contributed by atoms with Crippen molar-refractivity contribution < 1.29 is 23.1 Å². The van der Waals surface area contributed by atoms with Crippen LogP contribution in [0.4, 0.5) is 5.69 Å². The number of hydrogen-bond acceptors (Lipinski definition) is 4. The number of sulfonamides is 1. The van der Waals surface area contributed by atoms with Gasteiger partial charge >= 0.3 is 5.97 Å². The van der Waals surface area contributed by atoms with Crippen LogP contribution in [0, 0.1) is 5.92 Å². The summed E-state index contributed by atoms with van der Waals surface area (Å²) in [7, 11) is -3.31. The van der Waals surface area contributed by atoms with Crippen LogP contribution in [-0.2, 0) is 21.2 Å². The molecular weight excluding hydrogens is 332 g/mol. The van der Waals surface area contributed by atoms with Crippen LogP contribution in [0.25, 0.3) is 0 Å². The number of aliphatic carboxylic acids is 1. The zero-order chi connectivity index (χ0) is 17.5. The summed E-state index contributed by atoms with van der Waals surface area (Å²) in [6.45, 7) is 1.16. The lowest BCUT2D eigenvalue weighted by Crippen LogP contribution is -2.42. The number of benzene rings is 1. The Kier molecular flexibility index (Phi) is 4.25. The van der Waals surface area contributed by atoms with Gasteiger partial charge in [0, 0.05) is 25.2 Å². The molecule has 0 spiro atoms. The van der Waals surface area contributed by atoms with Crippen molar-refractivity contribution in [2.45, 2.75) is 19.3 Å². The monoisotopic (exact) mass is 352 g/mol. The van der Waals surface area contributed by atoms with Gasteiger partial charge in [-0.25, -0.2) is 8.42 Å². The highest BCUT2D eigenvalue weighted by molar-refractivity contribution is 7.92. The number of hydrogen-bond donors (Lipinski definition) is 1. The Bertz CT molecular complexity index is 790. The van der Waals surface area contributed by atoms with Crippen LogP contribution in [0.15, 0.2) is 18.2 Å². The fourth-order valence-electron chi connectivity index (χ4n) is 3.39. The molecule has 1 fully saturated rings. The van der Waals surface area contributed by atoms with E-state index in [9.17, 15) is 18.0 Å². The quantitative estimate of drug-likeness (QED) is 0.874. The van der Waals surface area contributed by atoms with Gasteiger partial charge in [0.05, 0.1) is 17.9 Å². The second-order valence-electron chi connectivity index (χ2n) is 6.36. The van der Waals surface area contributed by atoms with E-state index in [0.29, 0.717) is 43.6 Å². The molecule has 0 aromatic heterocycles. The number of fused-ring (bicyclic) bond motifs is 1. The fourth-order valence-corrected chi connectivity index (χ4v) is 4.35. The molecule has 2 heterocycles. The highest BCUT2D eigenvalue weighted by Gasteiger charge is 2.30. The molecule has 0 aliphatic carbocycles. The summed E-state index contributed by atoms with van der Waals surface area (Å²) in [6.07, 6.45) is 3.00. The molecule has 2 aliphatic rings. The minimum Gasteiger partial charge on any atom is -0.481 e. The molecule has 0 saturated carbocycles. The number of rotatable bonds is 3. The molecule has 3 rings (SSSR count). The smallest absolute Gasteiger partial charge is 0.308 e. The lowest BCUT2D eigenvalue weighted by Gasteiger charge is -2.30. The fraction of sp³-hybridized carbons (Fsp3) is 0.500. The van der Waals surface area contributed by atoms with Crippen molar-refractivity contribution in [2.75, 3.05) is 30.2 Å². The number of nitrogens with zero attached hydrogens (tertiary/aromatic N) is 2. The van der Waals surface area contributed by atoms with Gasteiger partial charge in [0.25, 0.3) is 5.91 Å². The summed E-state index contributed by atoms with van der Waals surface area (Å²) in [5, 5.41) is 9.14. The van der Waals surface area contributed by atoms with Crippen molar-refractivity contribution in [3.8, 4) is 0 Å². The minimum atomic E-state index is -3.31. The standard InChI is InChI=1S/C16H20N2O5S/c1-24(22,23)18-8-6-11-9-12(4-5-14(11)18)15(19)17-7-2-3-13(10-17)16(20)21/h4-5,9,13H,2-3,6-8,10H2,1H3,(H,20,21). The van der Waals surface area contributed by atoms with Gasteiger partial charge in [-0.05, 0) is 43.0 Å². The van der Waals surface area contributed by atoms with Gasteiger partial charge in [-0.2, -0.15) is 0 Å². The number of carbonyl (C=O) groups is 2. The predicted molar refractivity (Wildman–Crippen MR) is 88.6 cm³/mol. The number of carboxylic acid groups (broad SMARTS) is 1. The molecule has 0 bridgehead atoms. The number of likely N-dealkylation sites (tertiary alicyclic amines) is 1. The molecule has 24 heavy (non-hydrogen) atoms. The molecule has 0 radical (unpaired) electrons. The zero-order valence-electron chi connectivity index (χ0n) is 13.4. The summed E-state index contributed by atoms with van der Waals surface area (Å²) in [4.78, 5) is 25.4. The second-order valence-corrected chi connectivity index (χ2v) is 8.26. The molecule has 1 aromatic rings. The Labute approximate surface area is 140 Å². The van der Waals surface area contributed by atoms with Crippen LogP contribution < -0.4 is 4.31 Å². The van der Waals surface area contributed by atoms with E-state index >= 15 is 0 Å². The molecule has 1 N–H and O–H groups in total. The summed E-state index contributed by atoms with van der Waals surface area (Å²) in [5.41, 5.74) is 1.93. The van der Waals surface area contributed by atoms with Crippen LogP contribution in [0.3, 0.4) is 0 Å². The number of piperidine rings is 1. The van der Waals surface area contributed by atoms with Gasteiger partial charge in [0.2, 0.25) is 10.0 Å². The van der Waals surface area contributed by atoms with Crippen LogP contribution in [0.2, 0.25) is 0 Å². The summed E-state index contributed by atoms with van der Waals surface area (Å²) in [6, 6.07) is 5.01. The molecule has 1 saturated heterocycles. The molecule has 2 aliphatic heterocycles. The van der Waals surface area contributed by atoms with Gasteiger partial charge in [-0.1, -0.05) is 0 Å². The number of amides is 1. The first kappa shape index (κ1) is 16.8. The van der Waals surface area contributed by atoms with E-state index in [4.69, 9.17) is 5.11 Å². The van der Waals surface area contributed by atoms with E-state index in [-0.39, 0.29) is 12.5 Å². The largest absolute Gasteiger partial charge is 0.481 e. The van der Waals surface area contributed by atoms with Gasteiger partial charge in [-0.3, -0.25) is 13.9 Å². The molecule has 1 atom stereocenters. The SMILES string of the molecule is CS(=O)(=O)N1CCc2cc(C(=O)N3CCCC(C(=O)O)C3)ccc21. The number of carbonyl (C=O) groups excluding carboxylic acids is 1. The van der Waals surface area contributed by atoms with Crippen molar-refractivity contribution in [2.24, 2.45) is 5.92 Å². The maximum Gasteiger partial charge on any atom is 0.308 e. The first-order valence-corrected chi connectivity index (χ1v) is 9.75. The maximum absolute atomic E-state index is 12.6. The summed E-state index contributed by atoms with van der Waals surface area (Å²) < 4.78 is 24.9. The topological polar surface area (TPSA) is 95.0 Å². The molecule has 8 heteroatoms. The average molecular weight is 352 g/mol. The number of carboxylic acids is 1. The molecule has 7 nitrogen and oxygen atoms in total. The van der Waals surface area contributed by atoms with Crippen LogP contribution in [0.5, 0.6) is 0 Å². The average Bonchev–Trinajstić information content (AvgIpc) is 2.97. The van der Waals surface area contributed by atoms with Gasteiger partial charge in [0.15, 0.2) is 0 Å². The maximum atomic E-state index is 12.6. The predicted octanol–water partition coefficient (Wildman–Crippen LogP) is 0.945. The Morgan fingerprint density at radius 3 is 2.67 bits per heavy atom. The Morgan fingerprint density at radius 2 is 2.00 bits per heavy atom. The van der Waals surface area contributed by atoms with Crippen LogP contribution in [0.1, 0.15) is 28.8 Å². The van der Waals surface area contributed by atoms with Gasteiger partial charge in [-0.15, -0.1) is 0 Å². The first-order chi connectivity index (χ1) is 11.3. The molecule has 130 valence electrons. The van der Waals surface area contributed by atoms with E-state index < -0.39 is 21.9 Å². The highest BCUT2D eigenvalue weighted by Crippen LogP contribution is 2.31. The van der Waals surface area contributed by atoms with E-state index in [1.165, 1.54) is 10.6 Å². The lowest BCUT2D eigenvalue weighted by molar-refractivity contribution is -0.143. The minimum absolute atomic E-state index is 0.193. The Balaban J connectivity index is 1.81. The Morgan fingerprint density at radius 1 is 1.25 bits per heavy atom. The lowest BCUT2D eigenvalue weighted by atomic mass is 9.97. The van der Waals surface area contributed by atoms with E-state index in [1.54, 1.807) is 23.1 Å². The van der Waals surface area contributed by atoms with Crippen LogP contribution in [-0.4, -0.2) is 56.2 Å². The van der Waals surface area contributed by atoms with Crippen molar-refractivity contribution in [1.29, 1.82) is 0 Å². The van der Waals surface area contributed by atoms with Crippen molar-refractivity contribution >= 4 is 27.6 Å². The van der Waals surface area contributed by atoms with Crippen molar-refractivity contribution in [3.05, 3.63) is 29.3 Å². The van der Waals surface area contributed by atoms with Crippen molar-refractivity contribution in [3.63, 3.8) is 0 Å². The molecule has 1 aromatic carbocycles. The Hall–Kier alpha value is -2.09. The molecular formula is C16H20N2O5S. The third-order valence-corrected chi connectivity index (χ3v) is 5.82. The summed E-state index contributed by atoms with van der Waals surface area (Å²) >= 11 is 0. The van der Waals surface area contributed by atoms with E-state index in [0.717, 1.165) is 5.56 Å². The van der Waals surface area contributed by atoms with Crippen LogP contribution >= 0.6 is 0 Å². The normalized spacial score (nSPS) is 20.8. The summed E-state index contributed by atoms with van der Waals surface area (Å²) in [5.74, 6) is -1.58. The molecule has 1 unspecified atom stereocenters. The van der Waals surface area contributed by atoms with Crippen molar-refractivity contribution in [1.82, 2.24) is 4.90 Å².